The van der Waals surface area contributed by atoms with Crippen LogP contribution >= 0.6 is 0 Å². The van der Waals surface area contributed by atoms with Crippen LogP contribution in [-0.4, -0.2) is 49.2 Å². The van der Waals surface area contributed by atoms with E-state index in [2.05, 4.69) is 10.4 Å². The summed E-state index contributed by atoms with van der Waals surface area (Å²) in [5, 5.41) is 11.7. The van der Waals surface area contributed by atoms with E-state index >= 15 is 0 Å². The van der Waals surface area contributed by atoms with Crippen LogP contribution in [0.2, 0.25) is 0 Å². The number of ether oxygens (including phenoxy) is 1. The first-order chi connectivity index (χ1) is 16.0. The van der Waals surface area contributed by atoms with Crippen molar-refractivity contribution < 1.29 is 23.8 Å². The van der Waals surface area contributed by atoms with E-state index in [0.29, 0.717) is 37.1 Å². The summed E-state index contributed by atoms with van der Waals surface area (Å²) in [6.07, 6.45) is 1.28. The molecule has 0 bridgehead atoms. The van der Waals surface area contributed by atoms with Gasteiger partial charge in [0.2, 0.25) is 5.75 Å². The number of hydrazine groups is 1. The highest BCUT2D eigenvalue weighted by molar-refractivity contribution is 5.96. The topological polar surface area (TPSA) is 117 Å². The number of hydrogen-bond acceptors (Lipinski definition) is 7. The van der Waals surface area contributed by atoms with Gasteiger partial charge in [0.05, 0.1) is 18.3 Å². The van der Waals surface area contributed by atoms with E-state index in [1.54, 1.807) is 33.9 Å². The SMILES string of the molecule is CN(C(=O)OC(C)(C)C)C1CCCCn2c1nc(C(=O)N1Cc3ccc(F)cc3N1)c(O)c2=O. The second kappa shape index (κ2) is 8.62. The molecule has 34 heavy (non-hydrogen) atoms. The maximum atomic E-state index is 13.6. The first kappa shape index (κ1) is 23.5. The number of benzene rings is 1. The van der Waals surface area contributed by atoms with Gasteiger partial charge in [0, 0.05) is 13.6 Å². The van der Waals surface area contributed by atoms with Crippen molar-refractivity contribution in [2.24, 2.45) is 0 Å². The lowest BCUT2D eigenvalue weighted by atomic mass is 10.1. The molecule has 0 spiro atoms. The minimum atomic E-state index is -0.766. The zero-order valence-corrected chi connectivity index (χ0v) is 19.6. The smallest absolute Gasteiger partial charge is 0.410 e. The Kier molecular flexibility index (Phi) is 5.96. The van der Waals surface area contributed by atoms with Crippen LogP contribution in [0, 0.1) is 5.82 Å². The second-order valence-corrected chi connectivity index (χ2v) is 9.53. The molecule has 1 unspecified atom stereocenters. The van der Waals surface area contributed by atoms with Crippen molar-refractivity contribution in [3.63, 3.8) is 0 Å². The van der Waals surface area contributed by atoms with Crippen molar-refractivity contribution in [3.8, 4) is 5.75 Å². The summed E-state index contributed by atoms with van der Waals surface area (Å²) in [5.74, 6) is -1.76. The van der Waals surface area contributed by atoms with E-state index in [-0.39, 0.29) is 12.4 Å². The number of carbonyl (C=O) groups is 2. The number of aromatic hydroxyl groups is 1. The Hall–Kier alpha value is -3.63. The zero-order chi connectivity index (χ0) is 24.8. The number of hydrogen-bond donors (Lipinski definition) is 2. The first-order valence-corrected chi connectivity index (χ1v) is 11.1. The molecule has 0 fully saturated rings. The van der Waals surface area contributed by atoms with Gasteiger partial charge in [-0.2, -0.15) is 0 Å². The minimum absolute atomic E-state index is 0.106. The molecule has 1 atom stereocenters. The van der Waals surface area contributed by atoms with Gasteiger partial charge in [0.1, 0.15) is 17.2 Å². The monoisotopic (exact) mass is 473 g/mol. The summed E-state index contributed by atoms with van der Waals surface area (Å²) in [6.45, 7) is 5.67. The van der Waals surface area contributed by atoms with Crippen molar-refractivity contribution in [3.05, 3.63) is 51.5 Å². The molecule has 11 heteroatoms. The van der Waals surface area contributed by atoms with Gasteiger partial charge in [-0.1, -0.05) is 6.07 Å². The molecule has 182 valence electrons. The molecular weight excluding hydrogens is 445 g/mol. The van der Waals surface area contributed by atoms with E-state index in [1.165, 1.54) is 21.6 Å². The van der Waals surface area contributed by atoms with E-state index in [1.807, 2.05) is 0 Å². The molecule has 2 aliphatic rings. The van der Waals surface area contributed by atoms with Gasteiger partial charge in [0.25, 0.3) is 11.5 Å². The summed E-state index contributed by atoms with van der Waals surface area (Å²) in [4.78, 5) is 44.8. The Balaban J connectivity index is 1.70. The molecule has 2 aliphatic heterocycles. The number of fused-ring (bicyclic) bond motifs is 2. The summed E-state index contributed by atoms with van der Waals surface area (Å²) in [5.41, 5.74) is 2.00. The number of nitrogens with one attached hydrogen (secondary N) is 1. The summed E-state index contributed by atoms with van der Waals surface area (Å²) < 4.78 is 20.3. The Morgan fingerprint density at radius 3 is 2.74 bits per heavy atom. The largest absolute Gasteiger partial charge is 0.501 e. The van der Waals surface area contributed by atoms with Crippen molar-refractivity contribution in [1.82, 2.24) is 19.5 Å². The normalized spacial score (nSPS) is 17.3. The van der Waals surface area contributed by atoms with Gasteiger partial charge in [-0.25, -0.2) is 19.2 Å². The molecule has 2 aromatic rings. The average Bonchev–Trinajstić information content (AvgIpc) is 3.06. The molecular formula is C23H28FN5O5. The number of carbonyl (C=O) groups excluding carboxylic acids is 2. The number of amides is 2. The van der Waals surface area contributed by atoms with Crippen LogP contribution in [0.25, 0.3) is 0 Å². The Morgan fingerprint density at radius 2 is 2.03 bits per heavy atom. The Labute approximate surface area is 195 Å². The molecule has 4 rings (SSSR count). The van der Waals surface area contributed by atoms with Crippen LogP contribution in [-0.2, 0) is 17.8 Å². The molecule has 0 radical (unpaired) electrons. The zero-order valence-electron chi connectivity index (χ0n) is 19.6. The second-order valence-electron chi connectivity index (χ2n) is 9.53. The van der Waals surface area contributed by atoms with Crippen LogP contribution in [0.1, 0.15) is 68.0 Å². The van der Waals surface area contributed by atoms with Gasteiger partial charge in [-0.15, -0.1) is 0 Å². The average molecular weight is 474 g/mol. The molecule has 2 N–H and O–H groups in total. The summed E-state index contributed by atoms with van der Waals surface area (Å²) in [6, 6.07) is 3.47. The van der Waals surface area contributed by atoms with E-state index < -0.39 is 46.5 Å². The molecule has 1 aromatic carbocycles. The van der Waals surface area contributed by atoms with Crippen LogP contribution in [0.15, 0.2) is 23.0 Å². The van der Waals surface area contributed by atoms with Crippen molar-refractivity contribution in [2.75, 3.05) is 12.5 Å². The van der Waals surface area contributed by atoms with Gasteiger partial charge < -0.3 is 14.7 Å². The van der Waals surface area contributed by atoms with E-state index in [4.69, 9.17) is 4.74 Å². The molecule has 2 amide bonds. The maximum absolute atomic E-state index is 13.6. The minimum Gasteiger partial charge on any atom is -0.501 e. The van der Waals surface area contributed by atoms with Crippen LogP contribution in [0.4, 0.5) is 14.9 Å². The highest BCUT2D eigenvalue weighted by atomic mass is 19.1. The maximum Gasteiger partial charge on any atom is 0.410 e. The van der Waals surface area contributed by atoms with Crippen molar-refractivity contribution in [1.29, 1.82) is 0 Å². The number of nitrogens with zero attached hydrogens (tertiary/aromatic N) is 4. The number of rotatable bonds is 2. The number of halogens is 1. The summed E-state index contributed by atoms with van der Waals surface area (Å²) in [7, 11) is 1.56. The molecule has 3 heterocycles. The molecule has 0 saturated heterocycles. The van der Waals surface area contributed by atoms with Crippen molar-refractivity contribution in [2.45, 2.75) is 64.8 Å². The molecule has 1 aromatic heterocycles. The fourth-order valence-corrected chi connectivity index (χ4v) is 4.14. The van der Waals surface area contributed by atoms with Gasteiger partial charge >= 0.3 is 6.09 Å². The van der Waals surface area contributed by atoms with Crippen LogP contribution in [0.3, 0.4) is 0 Å². The lowest BCUT2D eigenvalue weighted by molar-refractivity contribution is 0.0202. The van der Waals surface area contributed by atoms with E-state index in [9.17, 15) is 23.9 Å². The molecule has 0 saturated carbocycles. The number of anilines is 1. The fourth-order valence-electron chi connectivity index (χ4n) is 4.14. The lowest BCUT2D eigenvalue weighted by Gasteiger charge is -2.30. The predicted octanol–water partition coefficient (Wildman–Crippen LogP) is 3.16. The van der Waals surface area contributed by atoms with Gasteiger partial charge in [-0.05, 0) is 57.7 Å². The van der Waals surface area contributed by atoms with E-state index in [0.717, 1.165) is 5.01 Å². The predicted molar refractivity (Wildman–Crippen MR) is 121 cm³/mol. The standard InChI is InChI=1S/C23H28FN5O5/c1-23(2,3)34-22(33)27(4)16-7-5-6-10-28-19(16)25-17(18(30)21(28)32)20(31)29-12-13-8-9-14(24)11-15(13)26-29/h8-9,11,16,26,30H,5-7,10,12H2,1-4H3. The van der Waals surface area contributed by atoms with Crippen LogP contribution < -0.4 is 11.0 Å². The molecule has 0 aliphatic carbocycles. The third kappa shape index (κ3) is 4.42. The van der Waals surface area contributed by atoms with Crippen molar-refractivity contribution >= 4 is 17.7 Å². The molecule has 10 nitrogen and oxygen atoms in total. The Morgan fingerprint density at radius 1 is 1.29 bits per heavy atom. The third-order valence-electron chi connectivity index (χ3n) is 5.83. The summed E-state index contributed by atoms with van der Waals surface area (Å²) >= 11 is 0. The Bertz CT molecular complexity index is 1210. The lowest BCUT2D eigenvalue weighted by Crippen LogP contribution is -2.40. The number of aromatic nitrogens is 2. The van der Waals surface area contributed by atoms with Gasteiger partial charge in [-0.3, -0.25) is 19.6 Å². The highest BCUT2D eigenvalue weighted by Gasteiger charge is 2.35. The van der Waals surface area contributed by atoms with Gasteiger partial charge in [0.15, 0.2) is 5.69 Å². The quantitative estimate of drug-likeness (QED) is 0.688. The first-order valence-electron chi connectivity index (χ1n) is 11.1. The highest BCUT2D eigenvalue weighted by Crippen LogP contribution is 2.31. The third-order valence-corrected chi connectivity index (χ3v) is 5.83. The van der Waals surface area contributed by atoms with Crippen LogP contribution in [0.5, 0.6) is 5.75 Å². The fraction of sp³-hybridized carbons (Fsp3) is 0.478.